The minimum absolute atomic E-state index is 0.214. The molecule has 0 saturated carbocycles. The molecule has 0 aromatic heterocycles. The Balaban J connectivity index is 1.69. The molecule has 3 aromatic carbocycles. The number of amides is 4. The summed E-state index contributed by atoms with van der Waals surface area (Å²) < 4.78 is 6.67. The Hall–Kier alpha value is -3.13. The van der Waals surface area contributed by atoms with Crippen LogP contribution in [0.4, 0.5) is 10.5 Å². The highest BCUT2D eigenvalue weighted by Crippen LogP contribution is 2.31. The Bertz CT molecular complexity index is 1340. The van der Waals surface area contributed by atoms with E-state index in [1.807, 2.05) is 12.1 Å². The molecule has 1 fully saturated rings. The smallest absolute Gasteiger partial charge is 0.335 e. The van der Waals surface area contributed by atoms with Gasteiger partial charge in [0.1, 0.15) is 17.9 Å². The number of benzene rings is 3. The average Bonchev–Trinajstić information content (AvgIpc) is 2.79. The fourth-order valence-electron chi connectivity index (χ4n) is 3.36. The molecule has 9 heteroatoms. The molecule has 1 N–H and O–H groups in total. The maximum atomic E-state index is 13.3. The molecule has 1 saturated heterocycles. The van der Waals surface area contributed by atoms with E-state index in [4.69, 9.17) is 27.9 Å². The van der Waals surface area contributed by atoms with Gasteiger partial charge in [-0.05, 0) is 66.6 Å². The van der Waals surface area contributed by atoms with E-state index in [2.05, 4.69) is 21.2 Å². The van der Waals surface area contributed by atoms with Crippen molar-refractivity contribution >= 4 is 68.7 Å². The summed E-state index contributed by atoms with van der Waals surface area (Å²) in [7, 11) is 0. The lowest BCUT2D eigenvalue weighted by molar-refractivity contribution is -0.122. The first-order valence-electron chi connectivity index (χ1n) is 10.1. The number of imide groups is 2. The van der Waals surface area contributed by atoms with E-state index in [0.29, 0.717) is 32.6 Å². The molecule has 0 atom stereocenters. The third-order valence-corrected chi connectivity index (χ3v) is 6.07. The first-order valence-corrected chi connectivity index (χ1v) is 11.6. The monoisotopic (exact) mass is 558 g/mol. The summed E-state index contributed by atoms with van der Waals surface area (Å²) in [6, 6.07) is 16.4. The summed E-state index contributed by atoms with van der Waals surface area (Å²) in [4.78, 5) is 39.4. The third kappa shape index (κ3) is 5.17. The first kappa shape index (κ1) is 24.0. The average molecular weight is 560 g/mol. The number of barbiturate groups is 1. The Morgan fingerprint density at radius 1 is 0.971 bits per heavy atom. The summed E-state index contributed by atoms with van der Waals surface area (Å²) in [6.07, 6.45) is 1.40. The predicted molar refractivity (Wildman–Crippen MR) is 135 cm³/mol. The van der Waals surface area contributed by atoms with Gasteiger partial charge in [-0.1, -0.05) is 57.3 Å². The highest BCUT2D eigenvalue weighted by Gasteiger charge is 2.37. The molecule has 4 amide bonds. The van der Waals surface area contributed by atoms with Crippen molar-refractivity contribution in [3.63, 3.8) is 0 Å². The van der Waals surface area contributed by atoms with Crippen LogP contribution in [-0.4, -0.2) is 17.8 Å². The first-order chi connectivity index (χ1) is 16.2. The number of hydrogen-bond donors (Lipinski definition) is 1. The van der Waals surface area contributed by atoms with E-state index in [-0.39, 0.29) is 12.2 Å². The molecule has 172 valence electrons. The molecule has 0 radical (unpaired) electrons. The number of rotatable bonds is 5. The largest absolute Gasteiger partial charge is 0.488 e. The topological polar surface area (TPSA) is 75.7 Å². The van der Waals surface area contributed by atoms with Gasteiger partial charge < -0.3 is 4.74 Å². The highest BCUT2D eigenvalue weighted by molar-refractivity contribution is 9.10. The zero-order valence-electron chi connectivity index (χ0n) is 17.8. The van der Waals surface area contributed by atoms with Crippen LogP contribution in [0.15, 0.2) is 70.7 Å². The van der Waals surface area contributed by atoms with Crippen LogP contribution in [0, 0.1) is 6.92 Å². The highest BCUT2D eigenvalue weighted by atomic mass is 79.9. The normalized spacial score (nSPS) is 15.0. The summed E-state index contributed by atoms with van der Waals surface area (Å²) >= 11 is 15.4. The van der Waals surface area contributed by atoms with Crippen LogP contribution >= 0.6 is 39.1 Å². The maximum absolute atomic E-state index is 13.3. The third-order valence-electron chi connectivity index (χ3n) is 5.09. The minimum Gasteiger partial charge on any atom is -0.488 e. The van der Waals surface area contributed by atoms with E-state index >= 15 is 0 Å². The zero-order chi connectivity index (χ0) is 24.4. The van der Waals surface area contributed by atoms with Crippen LogP contribution in [0.1, 0.15) is 16.7 Å². The van der Waals surface area contributed by atoms with Crippen molar-refractivity contribution in [2.24, 2.45) is 0 Å². The molecule has 34 heavy (non-hydrogen) atoms. The van der Waals surface area contributed by atoms with Gasteiger partial charge in [-0.3, -0.25) is 14.9 Å². The summed E-state index contributed by atoms with van der Waals surface area (Å²) in [5.74, 6) is -1.11. The number of nitrogens with one attached hydrogen (secondary N) is 1. The van der Waals surface area contributed by atoms with Crippen molar-refractivity contribution in [2.75, 3.05) is 4.90 Å². The van der Waals surface area contributed by atoms with Gasteiger partial charge in [0.15, 0.2) is 0 Å². The standard InChI is InChI=1S/C25H17BrCl2N2O4/c1-14-2-6-19(28)12-21(14)30-24(32)20(23(31)29-25(30)33)11-16-10-17(26)5-9-22(16)34-13-15-3-7-18(27)8-4-15/h2-12H,13H2,1H3,(H,29,31,33)/b20-11+. The lowest BCUT2D eigenvalue weighted by Crippen LogP contribution is -2.54. The summed E-state index contributed by atoms with van der Waals surface area (Å²) in [6.45, 7) is 1.99. The molecule has 0 spiro atoms. The van der Waals surface area contributed by atoms with Crippen molar-refractivity contribution in [2.45, 2.75) is 13.5 Å². The van der Waals surface area contributed by atoms with E-state index < -0.39 is 17.8 Å². The number of halogens is 3. The van der Waals surface area contributed by atoms with Crippen molar-refractivity contribution in [3.05, 3.63) is 97.4 Å². The predicted octanol–water partition coefficient (Wildman–Crippen LogP) is 6.31. The summed E-state index contributed by atoms with van der Waals surface area (Å²) in [5.41, 5.74) is 2.11. The van der Waals surface area contributed by atoms with Crippen molar-refractivity contribution in [1.29, 1.82) is 0 Å². The molecule has 1 aliphatic heterocycles. The van der Waals surface area contributed by atoms with Gasteiger partial charge in [0.05, 0.1) is 5.69 Å². The molecular formula is C25H17BrCl2N2O4. The molecule has 0 bridgehead atoms. The number of carbonyl (C=O) groups excluding carboxylic acids is 3. The second-order valence-electron chi connectivity index (χ2n) is 7.49. The van der Waals surface area contributed by atoms with Gasteiger partial charge >= 0.3 is 6.03 Å². The molecular weight excluding hydrogens is 543 g/mol. The van der Waals surface area contributed by atoms with Crippen LogP contribution < -0.4 is 15.0 Å². The van der Waals surface area contributed by atoms with Crippen molar-refractivity contribution < 1.29 is 19.1 Å². The maximum Gasteiger partial charge on any atom is 0.335 e. The van der Waals surface area contributed by atoms with Crippen LogP contribution in [-0.2, 0) is 16.2 Å². The number of hydrogen-bond acceptors (Lipinski definition) is 4. The second-order valence-corrected chi connectivity index (χ2v) is 9.27. The molecule has 0 aliphatic carbocycles. The van der Waals surface area contributed by atoms with Crippen LogP contribution in [0.2, 0.25) is 10.0 Å². The second kappa shape index (κ2) is 10.0. The Labute approximate surface area is 214 Å². The molecule has 3 aromatic rings. The quantitative estimate of drug-likeness (QED) is 0.293. The number of ether oxygens (including phenoxy) is 1. The van der Waals surface area contributed by atoms with E-state index in [0.717, 1.165) is 14.9 Å². The summed E-state index contributed by atoms with van der Waals surface area (Å²) in [5, 5.41) is 3.20. The molecule has 1 aliphatic rings. The number of aryl methyl sites for hydroxylation is 1. The van der Waals surface area contributed by atoms with Gasteiger partial charge in [-0.15, -0.1) is 0 Å². The van der Waals surface area contributed by atoms with E-state index in [9.17, 15) is 14.4 Å². The number of anilines is 1. The van der Waals surface area contributed by atoms with Gasteiger partial charge in [-0.25, -0.2) is 9.69 Å². The Morgan fingerprint density at radius 3 is 2.41 bits per heavy atom. The van der Waals surface area contributed by atoms with Crippen molar-refractivity contribution in [3.8, 4) is 5.75 Å². The van der Waals surface area contributed by atoms with E-state index in [1.165, 1.54) is 12.1 Å². The molecule has 4 rings (SSSR count). The van der Waals surface area contributed by atoms with Crippen LogP contribution in [0.25, 0.3) is 6.08 Å². The Morgan fingerprint density at radius 2 is 1.68 bits per heavy atom. The van der Waals surface area contributed by atoms with Crippen LogP contribution in [0.3, 0.4) is 0 Å². The van der Waals surface area contributed by atoms with E-state index in [1.54, 1.807) is 49.4 Å². The lowest BCUT2D eigenvalue weighted by Gasteiger charge is -2.27. The Kier molecular flexibility index (Phi) is 7.07. The zero-order valence-corrected chi connectivity index (χ0v) is 20.9. The SMILES string of the molecule is Cc1ccc(Cl)cc1N1C(=O)NC(=O)/C(=C\c2cc(Br)ccc2OCc2ccc(Cl)cc2)C1=O. The van der Waals surface area contributed by atoms with Gasteiger partial charge in [0.2, 0.25) is 0 Å². The molecule has 1 heterocycles. The fraction of sp³-hybridized carbons (Fsp3) is 0.0800. The van der Waals surface area contributed by atoms with Gasteiger partial charge in [0.25, 0.3) is 11.8 Å². The fourth-order valence-corrected chi connectivity index (χ4v) is 4.03. The lowest BCUT2D eigenvalue weighted by atomic mass is 10.0. The number of urea groups is 1. The molecule has 0 unspecified atom stereocenters. The molecule has 6 nitrogen and oxygen atoms in total. The van der Waals surface area contributed by atoms with Gasteiger partial charge in [0, 0.05) is 20.1 Å². The number of nitrogens with zero attached hydrogens (tertiary/aromatic N) is 1. The van der Waals surface area contributed by atoms with Crippen molar-refractivity contribution in [1.82, 2.24) is 5.32 Å². The minimum atomic E-state index is -0.842. The number of carbonyl (C=O) groups is 3. The van der Waals surface area contributed by atoms with Crippen LogP contribution in [0.5, 0.6) is 5.75 Å². The van der Waals surface area contributed by atoms with Gasteiger partial charge in [-0.2, -0.15) is 0 Å².